The molecule has 1 aliphatic rings. The summed E-state index contributed by atoms with van der Waals surface area (Å²) in [6.45, 7) is 6.89. The maximum Gasteiger partial charge on any atom is 0.0574 e. The highest BCUT2D eigenvalue weighted by molar-refractivity contribution is 5.23. The Labute approximate surface area is 126 Å². The SMILES string of the molecule is CCCC(CC)CCC(CCC1=CCC(C)C=C1)OC. The summed E-state index contributed by atoms with van der Waals surface area (Å²) in [6.07, 6.45) is 17.6. The topological polar surface area (TPSA) is 9.23 Å². The van der Waals surface area contributed by atoms with Crippen LogP contribution in [0.3, 0.4) is 0 Å². The molecule has 0 heterocycles. The van der Waals surface area contributed by atoms with Gasteiger partial charge < -0.3 is 4.74 Å². The lowest BCUT2D eigenvalue weighted by atomic mass is 9.91. The Balaban J connectivity index is 2.27. The van der Waals surface area contributed by atoms with E-state index in [1.165, 1.54) is 56.9 Å². The van der Waals surface area contributed by atoms with Crippen LogP contribution in [0.4, 0.5) is 0 Å². The van der Waals surface area contributed by atoms with Gasteiger partial charge in [0, 0.05) is 7.11 Å². The van der Waals surface area contributed by atoms with E-state index in [4.69, 9.17) is 4.74 Å². The molecule has 0 N–H and O–H groups in total. The van der Waals surface area contributed by atoms with Gasteiger partial charge in [0.05, 0.1) is 6.10 Å². The molecular formula is C19H34O. The minimum atomic E-state index is 0.439. The summed E-state index contributed by atoms with van der Waals surface area (Å²) in [5.74, 6) is 1.61. The molecule has 20 heavy (non-hydrogen) atoms. The summed E-state index contributed by atoms with van der Waals surface area (Å²) in [7, 11) is 1.87. The Morgan fingerprint density at radius 2 is 2.00 bits per heavy atom. The Hall–Kier alpha value is -0.560. The second kappa shape index (κ2) is 10.2. The number of methoxy groups -OCH3 is 1. The summed E-state index contributed by atoms with van der Waals surface area (Å²) >= 11 is 0. The second-order valence-corrected chi connectivity index (χ2v) is 6.39. The fourth-order valence-electron chi connectivity index (χ4n) is 3.05. The zero-order valence-electron chi connectivity index (χ0n) is 14.0. The van der Waals surface area contributed by atoms with Crippen LogP contribution in [0.5, 0.6) is 0 Å². The molecule has 116 valence electrons. The van der Waals surface area contributed by atoms with E-state index in [1.54, 1.807) is 0 Å². The lowest BCUT2D eigenvalue weighted by molar-refractivity contribution is 0.0816. The molecule has 0 aliphatic heterocycles. The van der Waals surface area contributed by atoms with Gasteiger partial charge in [-0.15, -0.1) is 0 Å². The van der Waals surface area contributed by atoms with Crippen LogP contribution in [0.15, 0.2) is 23.8 Å². The normalized spacial score (nSPS) is 21.6. The van der Waals surface area contributed by atoms with E-state index in [2.05, 4.69) is 39.0 Å². The first-order valence-corrected chi connectivity index (χ1v) is 8.59. The van der Waals surface area contributed by atoms with Gasteiger partial charge in [-0.25, -0.2) is 0 Å². The number of hydrogen-bond donors (Lipinski definition) is 0. The van der Waals surface area contributed by atoms with E-state index in [9.17, 15) is 0 Å². The number of allylic oxidation sites excluding steroid dienone is 4. The standard InChI is InChI=1S/C19H34O/c1-5-7-17(6-2)12-14-19(20-4)15-13-18-10-8-16(3)9-11-18/h8,10-11,16-17,19H,5-7,9,12-15H2,1-4H3. The number of rotatable bonds is 10. The summed E-state index contributed by atoms with van der Waals surface area (Å²) in [5.41, 5.74) is 1.51. The lowest BCUT2D eigenvalue weighted by Crippen LogP contribution is -2.13. The van der Waals surface area contributed by atoms with Crippen LogP contribution in [-0.4, -0.2) is 13.2 Å². The predicted octanol–water partition coefficient (Wildman–Crippen LogP) is 5.91. The van der Waals surface area contributed by atoms with E-state index in [0.717, 1.165) is 11.8 Å². The molecule has 0 aromatic rings. The van der Waals surface area contributed by atoms with Gasteiger partial charge in [0.1, 0.15) is 0 Å². The maximum atomic E-state index is 5.68. The summed E-state index contributed by atoms with van der Waals surface area (Å²) < 4.78 is 5.68. The van der Waals surface area contributed by atoms with E-state index >= 15 is 0 Å². The van der Waals surface area contributed by atoms with Crippen LogP contribution < -0.4 is 0 Å². The van der Waals surface area contributed by atoms with Crippen molar-refractivity contribution in [3.8, 4) is 0 Å². The zero-order valence-corrected chi connectivity index (χ0v) is 14.0. The third-order valence-corrected chi connectivity index (χ3v) is 4.65. The van der Waals surface area contributed by atoms with Gasteiger partial charge in [-0.2, -0.15) is 0 Å². The summed E-state index contributed by atoms with van der Waals surface area (Å²) in [4.78, 5) is 0. The van der Waals surface area contributed by atoms with Crippen molar-refractivity contribution in [1.82, 2.24) is 0 Å². The molecule has 0 amide bonds. The number of ether oxygens (including phenoxy) is 1. The average molecular weight is 278 g/mol. The molecule has 0 radical (unpaired) electrons. The van der Waals surface area contributed by atoms with Crippen molar-refractivity contribution < 1.29 is 4.74 Å². The minimum absolute atomic E-state index is 0.439. The summed E-state index contributed by atoms with van der Waals surface area (Å²) in [6, 6.07) is 0. The van der Waals surface area contributed by atoms with Crippen LogP contribution in [0, 0.1) is 11.8 Å². The van der Waals surface area contributed by atoms with Gasteiger partial charge in [0.25, 0.3) is 0 Å². The molecular weight excluding hydrogens is 244 g/mol. The minimum Gasteiger partial charge on any atom is -0.381 e. The second-order valence-electron chi connectivity index (χ2n) is 6.39. The molecule has 0 aromatic carbocycles. The van der Waals surface area contributed by atoms with Crippen LogP contribution in [0.1, 0.15) is 72.1 Å². The van der Waals surface area contributed by atoms with Crippen molar-refractivity contribution in [3.05, 3.63) is 23.8 Å². The molecule has 0 saturated heterocycles. The molecule has 0 bridgehead atoms. The third-order valence-electron chi connectivity index (χ3n) is 4.65. The van der Waals surface area contributed by atoms with E-state index < -0.39 is 0 Å². The smallest absolute Gasteiger partial charge is 0.0574 e. The average Bonchev–Trinajstić information content (AvgIpc) is 2.47. The fraction of sp³-hybridized carbons (Fsp3) is 0.789. The molecule has 1 heteroatoms. The molecule has 0 saturated carbocycles. The zero-order chi connectivity index (χ0) is 14.8. The fourth-order valence-corrected chi connectivity index (χ4v) is 3.05. The largest absolute Gasteiger partial charge is 0.381 e. The number of hydrogen-bond acceptors (Lipinski definition) is 1. The van der Waals surface area contributed by atoms with Gasteiger partial charge in [-0.3, -0.25) is 0 Å². The molecule has 0 spiro atoms. The van der Waals surface area contributed by atoms with Crippen molar-refractivity contribution in [2.45, 2.75) is 78.2 Å². The van der Waals surface area contributed by atoms with Gasteiger partial charge >= 0.3 is 0 Å². The van der Waals surface area contributed by atoms with Gasteiger partial charge in [0.2, 0.25) is 0 Å². The van der Waals surface area contributed by atoms with Crippen LogP contribution >= 0.6 is 0 Å². The van der Waals surface area contributed by atoms with Crippen molar-refractivity contribution in [2.75, 3.05) is 7.11 Å². The highest BCUT2D eigenvalue weighted by Crippen LogP contribution is 2.24. The first-order chi connectivity index (χ1) is 9.69. The molecule has 1 aliphatic carbocycles. The Bertz CT molecular complexity index is 303. The Morgan fingerprint density at radius 1 is 1.20 bits per heavy atom. The quantitative estimate of drug-likeness (QED) is 0.482. The molecule has 0 aromatic heterocycles. The van der Waals surface area contributed by atoms with Crippen molar-refractivity contribution >= 4 is 0 Å². The van der Waals surface area contributed by atoms with Gasteiger partial charge in [-0.1, -0.05) is 63.8 Å². The van der Waals surface area contributed by atoms with Crippen LogP contribution in [0.25, 0.3) is 0 Å². The molecule has 1 nitrogen and oxygen atoms in total. The monoisotopic (exact) mass is 278 g/mol. The first kappa shape index (κ1) is 17.5. The molecule has 1 rings (SSSR count). The highest BCUT2D eigenvalue weighted by atomic mass is 16.5. The van der Waals surface area contributed by atoms with Crippen molar-refractivity contribution in [2.24, 2.45) is 11.8 Å². The van der Waals surface area contributed by atoms with E-state index in [-0.39, 0.29) is 0 Å². The molecule has 0 fully saturated rings. The first-order valence-electron chi connectivity index (χ1n) is 8.59. The van der Waals surface area contributed by atoms with Gasteiger partial charge in [0.15, 0.2) is 0 Å². The van der Waals surface area contributed by atoms with E-state index in [1.807, 2.05) is 7.11 Å². The molecule has 3 atom stereocenters. The maximum absolute atomic E-state index is 5.68. The van der Waals surface area contributed by atoms with Gasteiger partial charge in [-0.05, 0) is 43.9 Å². The van der Waals surface area contributed by atoms with Crippen LogP contribution in [-0.2, 0) is 4.74 Å². The lowest BCUT2D eigenvalue weighted by Gasteiger charge is -2.20. The van der Waals surface area contributed by atoms with Crippen molar-refractivity contribution in [3.63, 3.8) is 0 Å². The van der Waals surface area contributed by atoms with E-state index in [0.29, 0.717) is 6.10 Å². The highest BCUT2D eigenvalue weighted by Gasteiger charge is 2.13. The van der Waals surface area contributed by atoms with Crippen molar-refractivity contribution in [1.29, 1.82) is 0 Å². The summed E-state index contributed by atoms with van der Waals surface area (Å²) in [5, 5.41) is 0. The van der Waals surface area contributed by atoms with Crippen LogP contribution in [0.2, 0.25) is 0 Å². The molecule has 3 unspecified atom stereocenters. The predicted molar refractivity (Wildman–Crippen MR) is 89.0 cm³/mol. The Morgan fingerprint density at radius 3 is 2.55 bits per heavy atom. The third kappa shape index (κ3) is 6.74. The Kier molecular flexibility index (Phi) is 8.93.